The summed E-state index contributed by atoms with van der Waals surface area (Å²) in [5, 5.41) is 55.7. The smallest absolute Gasteiger partial charge is 0.134 e. The van der Waals surface area contributed by atoms with Crippen LogP contribution in [0.3, 0.4) is 0 Å². The van der Waals surface area contributed by atoms with E-state index in [0.29, 0.717) is 47.1 Å². The van der Waals surface area contributed by atoms with Crippen LogP contribution in [0.4, 0.5) is 0 Å². The Kier molecular flexibility index (Phi) is 9.56. The van der Waals surface area contributed by atoms with Crippen molar-refractivity contribution in [3.8, 4) is 40.2 Å². The van der Waals surface area contributed by atoms with Gasteiger partial charge in [-0.2, -0.15) is 0 Å². The van der Waals surface area contributed by atoms with E-state index in [2.05, 4.69) is 27.5 Å². The molecule has 0 spiro atoms. The van der Waals surface area contributed by atoms with Crippen LogP contribution in [0.15, 0.2) is 91.3 Å². The maximum atomic E-state index is 9.76. The maximum Gasteiger partial charge on any atom is 0.134 e. The number of phenols is 4. The van der Waals surface area contributed by atoms with Crippen LogP contribution < -0.4 is 14.2 Å². The van der Waals surface area contributed by atoms with Crippen molar-refractivity contribution < 1.29 is 34.6 Å². The van der Waals surface area contributed by atoms with Gasteiger partial charge < -0.3 is 34.6 Å². The molecule has 246 valence electrons. The Labute approximate surface area is 275 Å². The van der Waals surface area contributed by atoms with Crippen molar-refractivity contribution >= 4 is 0 Å². The number of rotatable bonds is 14. The number of phenolic OH excluding ortho intramolecular Hbond substituents is 4. The number of nitrogens with zero attached hydrogens (tertiary/aromatic N) is 6. The molecule has 0 bridgehead atoms. The lowest BCUT2D eigenvalue weighted by molar-refractivity contribution is 0.278. The Hall–Kier alpha value is -6.24. The lowest BCUT2D eigenvalue weighted by Crippen LogP contribution is -2.02. The van der Waals surface area contributed by atoms with Gasteiger partial charge in [-0.3, -0.25) is 0 Å². The minimum atomic E-state index is -0.0346. The Morgan fingerprint density at radius 1 is 0.500 bits per heavy atom. The van der Waals surface area contributed by atoms with Crippen molar-refractivity contribution in [1.29, 1.82) is 0 Å². The Balaban J connectivity index is 1.13. The van der Waals surface area contributed by atoms with E-state index < -0.39 is 0 Å². The molecule has 6 rings (SSSR count). The molecule has 0 aliphatic rings. The van der Waals surface area contributed by atoms with Crippen molar-refractivity contribution in [1.82, 2.24) is 30.0 Å². The second kappa shape index (κ2) is 14.5. The van der Waals surface area contributed by atoms with Crippen LogP contribution in [0.5, 0.6) is 40.2 Å². The van der Waals surface area contributed by atoms with Gasteiger partial charge in [0.15, 0.2) is 0 Å². The molecule has 2 aromatic heterocycles. The first-order valence-corrected chi connectivity index (χ1v) is 15.2. The molecule has 0 atom stereocenters. The molecule has 4 N–H and O–H groups in total. The van der Waals surface area contributed by atoms with Crippen LogP contribution in [0.25, 0.3) is 0 Å². The molecule has 0 radical (unpaired) electrons. The number of benzene rings is 4. The third-order valence-corrected chi connectivity index (χ3v) is 7.24. The summed E-state index contributed by atoms with van der Waals surface area (Å²) in [5.74, 6) is 1.68. The molecule has 0 saturated heterocycles. The molecule has 0 unspecified atom stereocenters. The van der Waals surface area contributed by atoms with Crippen molar-refractivity contribution in [2.75, 3.05) is 0 Å². The molecular weight excluding hydrogens is 616 g/mol. The van der Waals surface area contributed by atoms with Crippen LogP contribution in [-0.4, -0.2) is 50.4 Å². The van der Waals surface area contributed by atoms with E-state index in [0.717, 1.165) is 17.7 Å². The first kappa shape index (κ1) is 31.7. The molecule has 0 aliphatic heterocycles. The zero-order chi connectivity index (χ0) is 33.5. The second-order valence-electron chi connectivity index (χ2n) is 11.2. The van der Waals surface area contributed by atoms with E-state index in [1.54, 1.807) is 52.1 Å². The van der Waals surface area contributed by atoms with Crippen molar-refractivity contribution in [3.05, 3.63) is 125 Å². The monoisotopic (exact) mass is 650 g/mol. The van der Waals surface area contributed by atoms with Gasteiger partial charge in [0.25, 0.3) is 0 Å². The summed E-state index contributed by atoms with van der Waals surface area (Å²) in [4.78, 5) is 0. The molecule has 0 saturated carbocycles. The number of ether oxygens (including phenoxy) is 3. The highest BCUT2D eigenvalue weighted by Crippen LogP contribution is 2.27. The lowest BCUT2D eigenvalue weighted by atomic mass is 10.2. The summed E-state index contributed by atoms with van der Waals surface area (Å²) in [7, 11) is 0. The first-order chi connectivity index (χ1) is 23.3. The van der Waals surface area contributed by atoms with Gasteiger partial charge in [-0.25, -0.2) is 9.36 Å². The second-order valence-corrected chi connectivity index (χ2v) is 11.2. The van der Waals surface area contributed by atoms with Gasteiger partial charge in [0.2, 0.25) is 0 Å². The molecule has 13 heteroatoms. The molecule has 2 heterocycles. The molecular formula is C35H34N6O7. The highest BCUT2D eigenvalue weighted by atomic mass is 16.5. The summed E-state index contributed by atoms with van der Waals surface area (Å²) < 4.78 is 21.4. The summed E-state index contributed by atoms with van der Waals surface area (Å²) in [6.07, 6.45) is 4.40. The summed E-state index contributed by atoms with van der Waals surface area (Å²) in [5.41, 5.74) is 4.54. The fourth-order valence-corrected chi connectivity index (χ4v) is 5.02. The van der Waals surface area contributed by atoms with Crippen molar-refractivity contribution in [2.45, 2.75) is 46.3 Å². The minimum Gasteiger partial charge on any atom is -0.508 e. The molecule has 0 amide bonds. The third-order valence-electron chi connectivity index (χ3n) is 7.24. The molecule has 0 fully saturated rings. The number of aromatic hydroxyl groups is 4. The highest BCUT2D eigenvalue weighted by Gasteiger charge is 2.11. The summed E-state index contributed by atoms with van der Waals surface area (Å²) in [6.45, 7) is 3.25. The number of hydrogen-bond acceptors (Lipinski definition) is 11. The standard InChI is InChI=1S/C35H34N6O7/c1-2-23-3-5-33(6-4-23)46-20-26-11-34(47-21-27-18-40(38-36-27)16-24-7-29(42)13-30(43)8-24)15-35(12-26)48-22-28-19-41(39-37-28)17-25-9-31(44)14-32(45)10-25/h3-15,18-19,42-45H,2,16-17,20-22H2,1H3. The largest absolute Gasteiger partial charge is 0.508 e. The van der Waals surface area contributed by atoms with E-state index >= 15 is 0 Å². The van der Waals surface area contributed by atoms with Gasteiger partial charge in [0.1, 0.15) is 71.5 Å². The van der Waals surface area contributed by atoms with Crippen LogP contribution in [0.1, 0.15) is 40.6 Å². The van der Waals surface area contributed by atoms with Crippen LogP contribution in [-0.2, 0) is 39.3 Å². The fraction of sp³-hybridized carbons (Fsp3) is 0.200. The maximum absolute atomic E-state index is 9.76. The molecule has 0 aliphatic carbocycles. The first-order valence-electron chi connectivity index (χ1n) is 15.2. The van der Waals surface area contributed by atoms with Gasteiger partial charge in [0, 0.05) is 18.2 Å². The summed E-state index contributed by atoms with van der Waals surface area (Å²) >= 11 is 0. The molecule has 6 aromatic rings. The fourth-order valence-electron chi connectivity index (χ4n) is 5.02. The molecule has 13 nitrogen and oxygen atoms in total. The molecule has 4 aromatic carbocycles. The van der Waals surface area contributed by atoms with Gasteiger partial charge in [-0.1, -0.05) is 29.5 Å². The van der Waals surface area contributed by atoms with E-state index in [4.69, 9.17) is 14.2 Å². The van der Waals surface area contributed by atoms with E-state index in [9.17, 15) is 20.4 Å². The van der Waals surface area contributed by atoms with E-state index in [1.807, 2.05) is 36.4 Å². The Morgan fingerprint density at radius 3 is 1.42 bits per heavy atom. The lowest BCUT2D eigenvalue weighted by Gasteiger charge is -2.12. The third kappa shape index (κ3) is 8.72. The van der Waals surface area contributed by atoms with Gasteiger partial charge in [-0.05, 0) is 77.2 Å². The topological polar surface area (TPSA) is 170 Å². The van der Waals surface area contributed by atoms with Crippen molar-refractivity contribution in [2.24, 2.45) is 0 Å². The average Bonchev–Trinajstić information content (AvgIpc) is 3.70. The SMILES string of the molecule is CCc1ccc(OCc2cc(OCc3cn(Cc4cc(O)cc(O)c4)nn3)cc(OCc3cn(Cc4cc(O)cc(O)c4)nn3)c2)cc1. The summed E-state index contributed by atoms with van der Waals surface area (Å²) in [6, 6.07) is 22.2. The quantitative estimate of drug-likeness (QED) is 0.124. The van der Waals surface area contributed by atoms with Crippen LogP contribution in [0, 0.1) is 0 Å². The van der Waals surface area contributed by atoms with Crippen LogP contribution in [0.2, 0.25) is 0 Å². The van der Waals surface area contributed by atoms with Crippen LogP contribution >= 0.6 is 0 Å². The van der Waals surface area contributed by atoms with Gasteiger partial charge >= 0.3 is 0 Å². The Bertz CT molecular complexity index is 1840. The minimum absolute atomic E-state index is 0.0346. The zero-order valence-corrected chi connectivity index (χ0v) is 26.1. The van der Waals surface area contributed by atoms with E-state index in [1.165, 1.54) is 17.7 Å². The normalized spacial score (nSPS) is 11.0. The molecule has 48 heavy (non-hydrogen) atoms. The van der Waals surface area contributed by atoms with Gasteiger partial charge in [-0.15, -0.1) is 10.2 Å². The average molecular weight is 651 g/mol. The number of aryl methyl sites for hydroxylation is 1. The van der Waals surface area contributed by atoms with Crippen molar-refractivity contribution in [3.63, 3.8) is 0 Å². The predicted molar refractivity (Wildman–Crippen MR) is 173 cm³/mol. The van der Waals surface area contributed by atoms with E-state index in [-0.39, 0.29) is 42.8 Å². The van der Waals surface area contributed by atoms with Gasteiger partial charge in [0.05, 0.1) is 25.5 Å². The number of aromatic nitrogens is 6. The highest BCUT2D eigenvalue weighted by molar-refractivity contribution is 5.40. The zero-order valence-electron chi connectivity index (χ0n) is 26.1. The number of hydrogen-bond donors (Lipinski definition) is 4. The predicted octanol–water partition coefficient (Wildman–Crippen LogP) is 5.09. The Morgan fingerprint density at radius 2 is 0.958 bits per heavy atom.